The Labute approximate surface area is 108 Å². The van der Waals surface area contributed by atoms with Gasteiger partial charge in [0.1, 0.15) is 10.6 Å². The lowest BCUT2D eigenvalue weighted by molar-refractivity contribution is 0.0702. The maximum absolute atomic E-state index is 10.9. The van der Waals surface area contributed by atoms with Crippen molar-refractivity contribution in [3.63, 3.8) is 0 Å². The Morgan fingerprint density at radius 2 is 2.44 bits per heavy atom. The monoisotopic (exact) mass is 264 g/mol. The summed E-state index contributed by atoms with van der Waals surface area (Å²) in [6, 6.07) is 4.23. The molecule has 1 fully saturated rings. The zero-order valence-corrected chi connectivity index (χ0v) is 10.4. The van der Waals surface area contributed by atoms with Gasteiger partial charge in [0.05, 0.1) is 19.0 Å². The normalized spacial score (nSPS) is 14.7. The lowest BCUT2D eigenvalue weighted by atomic mass is 10.4. The van der Waals surface area contributed by atoms with Crippen molar-refractivity contribution in [3.05, 3.63) is 35.2 Å². The van der Waals surface area contributed by atoms with Gasteiger partial charge in [0.2, 0.25) is 0 Å². The van der Waals surface area contributed by atoms with Gasteiger partial charge in [-0.2, -0.15) is 0 Å². The standard InChI is InChI=1S/C12H12N2O3S/c15-11(16)10-6-13-12(18-10)14(8-3-4-8)7-9-2-1-5-17-9/h1-2,5-6,8H,3-4,7H2,(H,15,16). The van der Waals surface area contributed by atoms with Crippen LogP contribution in [0.15, 0.2) is 29.0 Å². The largest absolute Gasteiger partial charge is 0.477 e. The van der Waals surface area contributed by atoms with Gasteiger partial charge in [0.15, 0.2) is 5.13 Å². The molecule has 2 heterocycles. The van der Waals surface area contributed by atoms with E-state index in [1.807, 2.05) is 12.1 Å². The summed E-state index contributed by atoms with van der Waals surface area (Å²) in [5.41, 5.74) is 0. The van der Waals surface area contributed by atoms with Crippen LogP contribution in [0.5, 0.6) is 0 Å². The highest BCUT2D eigenvalue weighted by Gasteiger charge is 2.31. The summed E-state index contributed by atoms with van der Waals surface area (Å²) in [7, 11) is 0. The first kappa shape index (κ1) is 11.3. The van der Waals surface area contributed by atoms with E-state index in [-0.39, 0.29) is 4.88 Å². The number of hydrogen-bond donors (Lipinski definition) is 1. The van der Waals surface area contributed by atoms with Crippen LogP contribution in [-0.4, -0.2) is 22.1 Å². The number of carboxylic acids is 1. The molecule has 0 saturated heterocycles. The van der Waals surface area contributed by atoms with Crippen LogP contribution < -0.4 is 4.90 Å². The van der Waals surface area contributed by atoms with Crippen LogP contribution in [0.3, 0.4) is 0 Å². The third kappa shape index (κ3) is 2.24. The second kappa shape index (κ2) is 4.45. The van der Waals surface area contributed by atoms with Crippen LogP contribution in [-0.2, 0) is 6.54 Å². The topological polar surface area (TPSA) is 66.6 Å². The summed E-state index contributed by atoms with van der Waals surface area (Å²) < 4.78 is 5.34. The Morgan fingerprint density at radius 3 is 3.00 bits per heavy atom. The molecule has 1 N–H and O–H groups in total. The van der Waals surface area contributed by atoms with Gasteiger partial charge in [-0.25, -0.2) is 9.78 Å². The van der Waals surface area contributed by atoms with Crippen molar-refractivity contribution in [2.24, 2.45) is 0 Å². The van der Waals surface area contributed by atoms with Gasteiger partial charge < -0.3 is 14.4 Å². The molecular weight excluding hydrogens is 252 g/mol. The van der Waals surface area contributed by atoms with Crippen molar-refractivity contribution >= 4 is 22.4 Å². The summed E-state index contributed by atoms with van der Waals surface area (Å²) in [6.45, 7) is 0.643. The smallest absolute Gasteiger partial charge is 0.347 e. The van der Waals surface area contributed by atoms with Crippen molar-refractivity contribution in [2.75, 3.05) is 4.90 Å². The molecule has 94 valence electrons. The van der Waals surface area contributed by atoms with Gasteiger partial charge in [0, 0.05) is 6.04 Å². The Kier molecular flexibility index (Phi) is 2.79. The molecule has 2 aromatic heterocycles. The average molecular weight is 264 g/mol. The number of thiazole rings is 1. The maximum Gasteiger partial charge on any atom is 0.347 e. The van der Waals surface area contributed by atoms with E-state index < -0.39 is 5.97 Å². The molecule has 0 spiro atoms. The highest BCUT2D eigenvalue weighted by Crippen LogP contribution is 2.35. The summed E-state index contributed by atoms with van der Waals surface area (Å²) in [6.07, 6.45) is 5.32. The number of hydrogen-bond acceptors (Lipinski definition) is 5. The van der Waals surface area contributed by atoms with Crippen molar-refractivity contribution in [1.82, 2.24) is 4.98 Å². The Hall–Kier alpha value is -1.82. The lowest BCUT2D eigenvalue weighted by Gasteiger charge is -2.19. The molecule has 0 aromatic carbocycles. The van der Waals surface area contributed by atoms with Gasteiger partial charge in [-0.3, -0.25) is 0 Å². The van der Waals surface area contributed by atoms with Gasteiger partial charge in [0.25, 0.3) is 0 Å². The van der Waals surface area contributed by atoms with Crippen LogP contribution in [0.4, 0.5) is 5.13 Å². The van der Waals surface area contributed by atoms with Gasteiger partial charge in [-0.05, 0) is 25.0 Å². The van der Waals surface area contributed by atoms with Crippen LogP contribution in [0.25, 0.3) is 0 Å². The van der Waals surface area contributed by atoms with E-state index in [9.17, 15) is 4.79 Å². The minimum Gasteiger partial charge on any atom is -0.477 e. The maximum atomic E-state index is 10.9. The van der Waals surface area contributed by atoms with E-state index in [0.717, 1.165) is 23.7 Å². The molecule has 5 nitrogen and oxygen atoms in total. The van der Waals surface area contributed by atoms with Crippen molar-refractivity contribution < 1.29 is 14.3 Å². The summed E-state index contributed by atoms with van der Waals surface area (Å²) in [5, 5.41) is 9.68. The first-order valence-corrected chi connectivity index (χ1v) is 6.54. The van der Waals surface area contributed by atoms with E-state index in [2.05, 4.69) is 9.88 Å². The fourth-order valence-electron chi connectivity index (χ4n) is 1.81. The van der Waals surface area contributed by atoms with E-state index in [4.69, 9.17) is 9.52 Å². The van der Waals surface area contributed by atoms with E-state index in [0.29, 0.717) is 12.6 Å². The zero-order chi connectivity index (χ0) is 12.5. The summed E-state index contributed by atoms with van der Waals surface area (Å²) >= 11 is 1.21. The number of carbonyl (C=O) groups is 1. The van der Waals surface area contributed by atoms with Crippen LogP contribution >= 0.6 is 11.3 Å². The number of rotatable bonds is 5. The second-order valence-corrected chi connectivity index (χ2v) is 5.26. The quantitative estimate of drug-likeness (QED) is 0.899. The Morgan fingerprint density at radius 1 is 1.61 bits per heavy atom. The minimum atomic E-state index is -0.924. The van der Waals surface area contributed by atoms with Crippen LogP contribution in [0.1, 0.15) is 28.3 Å². The van der Waals surface area contributed by atoms with E-state index in [1.165, 1.54) is 17.5 Å². The SMILES string of the molecule is O=C(O)c1cnc(N(Cc2ccco2)C2CC2)s1. The molecule has 3 rings (SSSR count). The van der Waals surface area contributed by atoms with Crippen molar-refractivity contribution in [1.29, 1.82) is 0 Å². The molecule has 0 atom stereocenters. The molecule has 1 aliphatic rings. The third-order valence-electron chi connectivity index (χ3n) is 2.84. The molecule has 1 saturated carbocycles. The first-order valence-electron chi connectivity index (χ1n) is 5.72. The fraction of sp³-hybridized carbons (Fsp3) is 0.333. The molecule has 0 unspecified atom stereocenters. The molecule has 2 aromatic rings. The molecule has 0 aliphatic heterocycles. The van der Waals surface area contributed by atoms with E-state index in [1.54, 1.807) is 6.26 Å². The summed E-state index contributed by atoms with van der Waals surface area (Å²) in [5.74, 6) is -0.0542. The highest BCUT2D eigenvalue weighted by molar-refractivity contribution is 7.17. The van der Waals surface area contributed by atoms with Crippen molar-refractivity contribution in [3.8, 4) is 0 Å². The van der Waals surface area contributed by atoms with E-state index >= 15 is 0 Å². The Bertz CT molecular complexity index is 545. The molecular formula is C12H12N2O3S. The fourth-order valence-corrected chi connectivity index (χ4v) is 2.63. The molecule has 0 bridgehead atoms. The zero-order valence-electron chi connectivity index (χ0n) is 9.57. The molecule has 0 radical (unpaired) electrons. The molecule has 18 heavy (non-hydrogen) atoms. The number of nitrogens with zero attached hydrogens (tertiary/aromatic N) is 2. The predicted molar refractivity (Wildman–Crippen MR) is 67.0 cm³/mol. The van der Waals surface area contributed by atoms with Crippen LogP contribution in [0, 0.1) is 0 Å². The highest BCUT2D eigenvalue weighted by atomic mass is 32.1. The number of carboxylic acid groups (broad SMARTS) is 1. The first-order chi connectivity index (χ1) is 8.74. The molecule has 1 aliphatic carbocycles. The number of furan rings is 1. The van der Waals surface area contributed by atoms with Gasteiger partial charge in [-0.15, -0.1) is 0 Å². The van der Waals surface area contributed by atoms with Crippen molar-refractivity contribution in [2.45, 2.75) is 25.4 Å². The second-order valence-electron chi connectivity index (χ2n) is 4.25. The molecule has 0 amide bonds. The third-order valence-corrected chi connectivity index (χ3v) is 3.87. The lowest BCUT2D eigenvalue weighted by Crippen LogP contribution is -2.24. The number of aromatic carboxylic acids is 1. The summed E-state index contributed by atoms with van der Waals surface area (Å²) in [4.78, 5) is 17.5. The Balaban J connectivity index is 1.82. The average Bonchev–Trinajstić information content (AvgIpc) is 2.88. The van der Waals surface area contributed by atoms with Gasteiger partial charge >= 0.3 is 5.97 Å². The van der Waals surface area contributed by atoms with Crippen LogP contribution in [0.2, 0.25) is 0 Å². The minimum absolute atomic E-state index is 0.273. The number of anilines is 1. The predicted octanol–water partition coefficient (Wildman–Crippen LogP) is 2.60. The van der Waals surface area contributed by atoms with Gasteiger partial charge in [-0.1, -0.05) is 11.3 Å². The number of aromatic nitrogens is 1. The molecule has 6 heteroatoms.